The third kappa shape index (κ3) is 4.91. The summed E-state index contributed by atoms with van der Waals surface area (Å²) in [6.07, 6.45) is 1.60. The van der Waals surface area contributed by atoms with Crippen LogP contribution in [0.5, 0.6) is 17.2 Å². The summed E-state index contributed by atoms with van der Waals surface area (Å²) in [5.41, 5.74) is 2.75. The average Bonchev–Trinajstić information content (AvgIpc) is 3.64. The van der Waals surface area contributed by atoms with Gasteiger partial charge in [-0.05, 0) is 79.9 Å². The van der Waals surface area contributed by atoms with Crippen molar-refractivity contribution >= 4 is 44.1 Å². The van der Waals surface area contributed by atoms with Crippen molar-refractivity contribution in [3.63, 3.8) is 0 Å². The zero-order valence-corrected chi connectivity index (χ0v) is 23.9. The van der Waals surface area contributed by atoms with Crippen molar-refractivity contribution < 1.29 is 28.9 Å². The van der Waals surface area contributed by atoms with Gasteiger partial charge in [0.25, 0.3) is 5.78 Å². The number of hydrogen-bond acceptors (Lipinski definition) is 8. The molecule has 1 aromatic heterocycles. The van der Waals surface area contributed by atoms with Crippen LogP contribution in [-0.4, -0.2) is 41.1 Å². The summed E-state index contributed by atoms with van der Waals surface area (Å²) in [6, 6.07) is 17.2. The lowest BCUT2D eigenvalue weighted by Crippen LogP contribution is -2.29. The van der Waals surface area contributed by atoms with E-state index in [2.05, 4.69) is 0 Å². The largest absolute Gasteiger partial charge is 0.507 e. The highest BCUT2D eigenvalue weighted by Gasteiger charge is 2.48. The molecule has 0 aliphatic carbocycles. The van der Waals surface area contributed by atoms with Crippen molar-refractivity contribution in [1.29, 1.82) is 0 Å². The normalized spacial score (nSPS) is 19.4. The Kier molecular flexibility index (Phi) is 7.13. The summed E-state index contributed by atoms with van der Waals surface area (Å²) in [5, 5.41) is 12.0. The monoisotopic (exact) mass is 570 g/mol. The van der Waals surface area contributed by atoms with E-state index < -0.39 is 17.7 Å². The second-order valence-electron chi connectivity index (χ2n) is 10.1. The van der Waals surface area contributed by atoms with Crippen molar-refractivity contribution in [2.45, 2.75) is 45.8 Å². The van der Waals surface area contributed by atoms with Crippen molar-refractivity contribution in [1.82, 2.24) is 4.98 Å². The molecule has 0 radical (unpaired) electrons. The number of Topliss-reactive ketones (excluding diaryl/α,β-unsaturated/α-hetero) is 1. The van der Waals surface area contributed by atoms with Gasteiger partial charge < -0.3 is 19.3 Å². The number of nitrogens with zero attached hydrogens (tertiary/aromatic N) is 2. The van der Waals surface area contributed by atoms with Gasteiger partial charge >= 0.3 is 5.91 Å². The summed E-state index contributed by atoms with van der Waals surface area (Å²) in [4.78, 5) is 33.4. The molecule has 6 rings (SSSR count). The Morgan fingerprint density at radius 1 is 1.05 bits per heavy atom. The van der Waals surface area contributed by atoms with Gasteiger partial charge in [0, 0.05) is 12.0 Å². The van der Waals surface area contributed by atoms with E-state index in [9.17, 15) is 14.7 Å². The van der Waals surface area contributed by atoms with Crippen LogP contribution < -0.4 is 19.1 Å². The Labute approximate surface area is 241 Å². The molecule has 2 aliphatic heterocycles. The number of fused-ring (bicyclic) bond motifs is 2. The number of carbonyl (C=O) groups is 2. The van der Waals surface area contributed by atoms with Gasteiger partial charge in [0.1, 0.15) is 29.1 Å². The first-order valence-corrected chi connectivity index (χ1v) is 14.6. The fraction of sp³-hybridized carbons (Fsp3) is 0.281. The number of amides is 1. The van der Waals surface area contributed by atoms with Crippen molar-refractivity contribution in [3.8, 4) is 17.2 Å². The van der Waals surface area contributed by atoms with E-state index >= 15 is 0 Å². The number of anilines is 1. The maximum absolute atomic E-state index is 13.6. The molecule has 41 heavy (non-hydrogen) atoms. The quantitative estimate of drug-likeness (QED) is 0.148. The van der Waals surface area contributed by atoms with Crippen molar-refractivity contribution in [2.24, 2.45) is 0 Å². The number of ketones is 1. The molecule has 9 heteroatoms. The zero-order valence-electron chi connectivity index (χ0n) is 23.0. The average molecular weight is 571 g/mol. The van der Waals surface area contributed by atoms with Crippen LogP contribution in [0.1, 0.15) is 49.9 Å². The van der Waals surface area contributed by atoms with Gasteiger partial charge in [-0.15, -0.1) is 0 Å². The third-order valence-electron chi connectivity index (χ3n) is 7.15. The number of ether oxygens (including phenoxy) is 3. The summed E-state index contributed by atoms with van der Waals surface area (Å²) in [7, 11) is 0. The van der Waals surface area contributed by atoms with Crippen molar-refractivity contribution in [2.75, 3.05) is 18.1 Å². The van der Waals surface area contributed by atoms with Gasteiger partial charge in [0.05, 0.1) is 35.0 Å². The lowest BCUT2D eigenvalue weighted by Gasteiger charge is -2.23. The van der Waals surface area contributed by atoms with Crippen molar-refractivity contribution in [3.05, 3.63) is 82.9 Å². The lowest BCUT2D eigenvalue weighted by atomic mass is 9.94. The first-order chi connectivity index (χ1) is 19.9. The number of rotatable bonds is 8. The summed E-state index contributed by atoms with van der Waals surface area (Å²) < 4.78 is 18.0. The summed E-state index contributed by atoms with van der Waals surface area (Å²) in [5.74, 6) is 0.400. The molecule has 1 saturated heterocycles. The van der Waals surface area contributed by atoms with Gasteiger partial charge in [0.2, 0.25) is 0 Å². The van der Waals surface area contributed by atoms with Gasteiger partial charge in [0.15, 0.2) is 5.13 Å². The lowest BCUT2D eigenvalue weighted by molar-refractivity contribution is -0.132. The maximum Gasteiger partial charge on any atom is 0.301 e. The number of hydrogen-bond donors (Lipinski definition) is 1. The van der Waals surface area contributed by atoms with E-state index in [1.807, 2.05) is 69.3 Å². The van der Waals surface area contributed by atoms with Crippen LogP contribution in [0, 0.1) is 0 Å². The van der Waals surface area contributed by atoms with Crippen LogP contribution in [0.15, 0.2) is 66.2 Å². The van der Waals surface area contributed by atoms with Crippen LogP contribution in [-0.2, 0) is 16.0 Å². The van der Waals surface area contributed by atoms with Gasteiger partial charge in [-0.25, -0.2) is 4.98 Å². The molecule has 0 saturated carbocycles. The molecule has 1 fully saturated rings. The predicted octanol–water partition coefficient (Wildman–Crippen LogP) is 6.43. The molecule has 210 valence electrons. The highest BCUT2D eigenvalue weighted by atomic mass is 32.1. The molecule has 4 aromatic rings. The minimum atomic E-state index is -0.884. The molecule has 1 amide bonds. The number of thiazole rings is 1. The van der Waals surface area contributed by atoms with E-state index in [4.69, 9.17) is 19.2 Å². The topological polar surface area (TPSA) is 98.2 Å². The first-order valence-electron chi connectivity index (χ1n) is 13.7. The Morgan fingerprint density at radius 2 is 1.83 bits per heavy atom. The molecule has 2 atom stereocenters. The van der Waals surface area contributed by atoms with E-state index in [1.54, 1.807) is 12.1 Å². The molecule has 3 aromatic carbocycles. The Bertz CT molecular complexity index is 1680. The van der Waals surface area contributed by atoms with E-state index in [0.29, 0.717) is 52.9 Å². The summed E-state index contributed by atoms with van der Waals surface area (Å²) >= 11 is 1.30. The molecule has 0 bridgehead atoms. The van der Waals surface area contributed by atoms with Gasteiger partial charge in [-0.2, -0.15) is 0 Å². The minimum Gasteiger partial charge on any atom is -0.507 e. The molecule has 8 nitrogen and oxygen atoms in total. The second kappa shape index (κ2) is 10.9. The number of aromatic nitrogens is 1. The van der Waals surface area contributed by atoms with Crippen LogP contribution in [0.4, 0.5) is 5.13 Å². The Morgan fingerprint density at radius 3 is 2.59 bits per heavy atom. The van der Waals surface area contributed by atoms with Gasteiger partial charge in [-0.3, -0.25) is 14.5 Å². The SMILES string of the molecule is CCCOc1ccc([C@@H]2/C(=C(\O)c3ccc4c(c3)C[C@H](C)O4)C(=O)C(=O)N2c2nc3ccc(OCC)cc3s2)cc1. The molecule has 0 spiro atoms. The van der Waals surface area contributed by atoms with Crippen LogP contribution in [0.2, 0.25) is 0 Å². The smallest absolute Gasteiger partial charge is 0.301 e. The van der Waals surface area contributed by atoms with Crippen LogP contribution in [0.25, 0.3) is 16.0 Å². The zero-order chi connectivity index (χ0) is 28.7. The summed E-state index contributed by atoms with van der Waals surface area (Å²) in [6.45, 7) is 7.03. The number of benzene rings is 3. The standard InChI is InChI=1S/C32H30N2O6S/c1-4-14-39-22-9-6-19(7-10-22)28-27(29(35)20-8-13-25-21(16-20)15-18(3)40-25)30(36)31(37)34(28)32-33-24-12-11-23(38-5-2)17-26(24)41-32/h6-13,16-18,28,35H,4-5,14-15H2,1-3H3/b29-27+/t18-,28+/m0/s1. The number of carbonyl (C=O) groups excluding carboxylic acids is 2. The predicted molar refractivity (Wildman–Crippen MR) is 158 cm³/mol. The molecule has 1 N–H and O–H groups in total. The van der Waals surface area contributed by atoms with Gasteiger partial charge in [-0.1, -0.05) is 30.4 Å². The second-order valence-corrected chi connectivity index (χ2v) is 11.1. The minimum absolute atomic E-state index is 0.0124. The molecule has 0 unspecified atom stereocenters. The molecular formula is C32H30N2O6S. The Balaban J connectivity index is 1.48. The molecule has 2 aliphatic rings. The fourth-order valence-electron chi connectivity index (χ4n) is 5.29. The third-order valence-corrected chi connectivity index (χ3v) is 8.17. The van der Waals surface area contributed by atoms with Crippen LogP contribution in [0.3, 0.4) is 0 Å². The molecule has 3 heterocycles. The van der Waals surface area contributed by atoms with E-state index in [0.717, 1.165) is 22.4 Å². The van der Waals surface area contributed by atoms with Crippen LogP contribution >= 0.6 is 11.3 Å². The maximum atomic E-state index is 13.6. The van der Waals surface area contributed by atoms with E-state index in [1.165, 1.54) is 16.2 Å². The highest BCUT2D eigenvalue weighted by molar-refractivity contribution is 7.22. The Hall–Kier alpha value is -4.37. The first kappa shape index (κ1) is 26.8. The fourth-order valence-corrected chi connectivity index (χ4v) is 6.31. The van der Waals surface area contributed by atoms with E-state index in [-0.39, 0.29) is 17.4 Å². The number of aliphatic hydroxyl groups is 1. The highest BCUT2D eigenvalue weighted by Crippen LogP contribution is 2.45. The molecular weight excluding hydrogens is 540 g/mol. The number of aliphatic hydroxyl groups excluding tert-OH is 1.